The lowest BCUT2D eigenvalue weighted by Crippen LogP contribution is -2.23. The molecule has 1 aliphatic rings. The van der Waals surface area contributed by atoms with Gasteiger partial charge in [-0.15, -0.1) is 0 Å². The number of aryl methyl sites for hydroxylation is 2. The standard InChI is InChI=1S/C21H24F3N5O/c1-4-29-15-5-6-17(25-14-7-8-28(3)11-14)26-19(15)27-20(29)18-12(2)9-13(10-16(18)30)21(22,23)24/h5-6,9-10,14,30H,4,7-8,11H2,1-3H3,(H,25,26)/t14-/m1/s1. The number of fused-ring (bicyclic) bond motifs is 1. The molecule has 9 heteroatoms. The Labute approximate surface area is 172 Å². The Hall–Kier alpha value is -2.81. The monoisotopic (exact) mass is 419 g/mol. The highest BCUT2D eigenvalue weighted by Gasteiger charge is 2.32. The van der Waals surface area contributed by atoms with E-state index in [1.807, 2.05) is 23.6 Å². The highest BCUT2D eigenvalue weighted by molar-refractivity contribution is 5.81. The quantitative estimate of drug-likeness (QED) is 0.661. The van der Waals surface area contributed by atoms with Crippen molar-refractivity contribution in [3.8, 4) is 17.1 Å². The molecular formula is C21H24F3N5O. The van der Waals surface area contributed by atoms with Crippen LogP contribution >= 0.6 is 0 Å². The Morgan fingerprint density at radius 3 is 2.60 bits per heavy atom. The maximum Gasteiger partial charge on any atom is 0.416 e. The van der Waals surface area contributed by atoms with Crippen LogP contribution < -0.4 is 5.32 Å². The molecule has 1 atom stereocenters. The van der Waals surface area contributed by atoms with Gasteiger partial charge >= 0.3 is 6.18 Å². The number of pyridine rings is 1. The number of halogens is 3. The highest BCUT2D eigenvalue weighted by Crippen LogP contribution is 2.39. The van der Waals surface area contributed by atoms with Gasteiger partial charge in [-0.25, -0.2) is 9.97 Å². The average molecular weight is 419 g/mol. The molecular weight excluding hydrogens is 395 g/mol. The van der Waals surface area contributed by atoms with E-state index in [0.29, 0.717) is 35.4 Å². The summed E-state index contributed by atoms with van der Waals surface area (Å²) in [7, 11) is 2.08. The molecule has 1 aliphatic heterocycles. The van der Waals surface area contributed by atoms with Crippen LogP contribution in [-0.2, 0) is 12.7 Å². The summed E-state index contributed by atoms with van der Waals surface area (Å²) in [4.78, 5) is 11.4. The van der Waals surface area contributed by atoms with E-state index in [1.54, 1.807) is 6.92 Å². The number of likely N-dealkylation sites (tertiary alicyclic amines) is 1. The van der Waals surface area contributed by atoms with E-state index in [-0.39, 0.29) is 5.56 Å². The third kappa shape index (κ3) is 3.69. The van der Waals surface area contributed by atoms with Gasteiger partial charge in [0.2, 0.25) is 0 Å². The number of benzene rings is 1. The minimum Gasteiger partial charge on any atom is -0.507 e. The Balaban J connectivity index is 1.76. The Kier molecular flexibility index (Phi) is 5.09. The number of hydrogen-bond donors (Lipinski definition) is 2. The van der Waals surface area contributed by atoms with E-state index in [4.69, 9.17) is 0 Å². The number of anilines is 1. The smallest absolute Gasteiger partial charge is 0.416 e. The zero-order chi connectivity index (χ0) is 21.6. The number of phenolic OH excluding ortho intramolecular Hbond substituents is 1. The summed E-state index contributed by atoms with van der Waals surface area (Å²) in [5.41, 5.74) is 0.961. The summed E-state index contributed by atoms with van der Waals surface area (Å²) in [5.74, 6) is 0.671. The largest absolute Gasteiger partial charge is 0.507 e. The molecule has 0 spiro atoms. The SMILES string of the molecule is CCn1c(-c2c(C)cc(C(F)(F)F)cc2O)nc2nc(N[C@@H]3CCN(C)C3)ccc21. The molecule has 3 heterocycles. The first kappa shape index (κ1) is 20.5. The van der Waals surface area contributed by atoms with Gasteiger partial charge in [-0.2, -0.15) is 13.2 Å². The number of hydrogen-bond acceptors (Lipinski definition) is 5. The molecule has 2 aromatic heterocycles. The lowest BCUT2D eigenvalue weighted by Gasteiger charge is -2.14. The van der Waals surface area contributed by atoms with Crippen LogP contribution in [0.15, 0.2) is 24.3 Å². The molecule has 0 aliphatic carbocycles. The Bertz CT molecular complexity index is 1070. The molecule has 0 amide bonds. The van der Waals surface area contributed by atoms with Crippen LogP contribution in [0.2, 0.25) is 0 Å². The molecule has 3 aromatic rings. The van der Waals surface area contributed by atoms with Crippen LogP contribution in [0.4, 0.5) is 19.0 Å². The van der Waals surface area contributed by atoms with Crippen molar-refractivity contribution in [1.82, 2.24) is 19.4 Å². The van der Waals surface area contributed by atoms with Crippen LogP contribution in [0.5, 0.6) is 5.75 Å². The van der Waals surface area contributed by atoms with Crippen LogP contribution in [0.1, 0.15) is 24.5 Å². The van der Waals surface area contributed by atoms with Gasteiger partial charge in [0.1, 0.15) is 17.4 Å². The summed E-state index contributed by atoms with van der Waals surface area (Å²) in [5, 5.41) is 13.8. The molecule has 1 aromatic carbocycles. The van der Waals surface area contributed by atoms with Gasteiger partial charge in [-0.1, -0.05) is 0 Å². The van der Waals surface area contributed by atoms with Crippen molar-refractivity contribution in [2.75, 3.05) is 25.5 Å². The van der Waals surface area contributed by atoms with Crippen molar-refractivity contribution >= 4 is 17.0 Å². The van der Waals surface area contributed by atoms with Gasteiger partial charge in [0.05, 0.1) is 16.6 Å². The van der Waals surface area contributed by atoms with E-state index in [2.05, 4.69) is 27.2 Å². The molecule has 1 fully saturated rings. The van der Waals surface area contributed by atoms with Crippen LogP contribution in [0.3, 0.4) is 0 Å². The van der Waals surface area contributed by atoms with Gasteiger partial charge in [-0.05, 0) is 63.7 Å². The fourth-order valence-electron chi connectivity index (χ4n) is 4.09. The number of aromatic nitrogens is 3. The van der Waals surface area contributed by atoms with Gasteiger partial charge in [-0.3, -0.25) is 0 Å². The number of phenols is 1. The summed E-state index contributed by atoms with van der Waals surface area (Å²) in [6.45, 7) is 5.96. The zero-order valence-electron chi connectivity index (χ0n) is 17.1. The predicted molar refractivity (Wildman–Crippen MR) is 110 cm³/mol. The van der Waals surface area contributed by atoms with Crippen LogP contribution in [-0.4, -0.2) is 50.7 Å². The Morgan fingerprint density at radius 1 is 1.23 bits per heavy atom. The molecule has 0 unspecified atom stereocenters. The van der Waals surface area contributed by atoms with E-state index >= 15 is 0 Å². The van der Waals surface area contributed by atoms with Crippen molar-refractivity contribution in [3.63, 3.8) is 0 Å². The molecule has 30 heavy (non-hydrogen) atoms. The second-order valence-corrected chi connectivity index (χ2v) is 7.80. The maximum absolute atomic E-state index is 13.1. The number of likely N-dealkylation sites (N-methyl/N-ethyl adjacent to an activating group) is 1. The molecule has 0 saturated carbocycles. The summed E-state index contributed by atoms with van der Waals surface area (Å²) in [6.07, 6.45) is -3.49. The second kappa shape index (κ2) is 7.46. The number of nitrogens with one attached hydrogen (secondary N) is 1. The third-order valence-corrected chi connectivity index (χ3v) is 5.54. The molecule has 2 N–H and O–H groups in total. The Morgan fingerprint density at radius 2 is 2.00 bits per heavy atom. The lowest BCUT2D eigenvalue weighted by atomic mass is 10.0. The molecule has 160 valence electrons. The van der Waals surface area contributed by atoms with Gasteiger partial charge in [0.25, 0.3) is 0 Å². The average Bonchev–Trinajstić information content (AvgIpc) is 3.22. The number of alkyl halides is 3. The predicted octanol–water partition coefficient (Wildman–Crippen LogP) is 4.27. The number of nitrogens with zero attached hydrogens (tertiary/aromatic N) is 4. The fraction of sp³-hybridized carbons (Fsp3) is 0.429. The topological polar surface area (TPSA) is 66.2 Å². The first-order chi connectivity index (χ1) is 14.2. The van der Waals surface area contributed by atoms with Gasteiger partial charge in [0.15, 0.2) is 5.65 Å². The first-order valence-electron chi connectivity index (χ1n) is 9.91. The van der Waals surface area contributed by atoms with Gasteiger partial charge in [0, 0.05) is 19.1 Å². The number of aromatic hydroxyl groups is 1. The van der Waals surface area contributed by atoms with Crippen molar-refractivity contribution in [2.24, 2.45) is 0 Å². The van der Waals surface area contributed by atoms with E-state index < -0.39 is 17.5 Å². The fourth-order valence-corrected chi connectivity index (χ4v) is 4.09. The molecule has 4 rings (SSSR count). The highest BCUT2D eigenvalue weighted by atomic mass is 19.4. The van der Waals surface area contributed by atoms with Crippen LogP contribution in [0, 0.1) is 6.92 Å². The van der Waals surface area contributed by atoms with Gasteiger partial charge < -0.3 is 19.9 Å². The van der Waals surface area contributed by atoms with Crippen LogP contribution in [0.25, 0.3) is 22.6 Å². The molecule has 1 saturated heterocycles. The number of imidazole rings is 1. The molecule has 0 bridgehead atoms. The summed E-state index contributed by atoms with van der Waals surface area (Å²) in [6, 6.07) is 5.88. The van der Waals surface area contributed by atoms with Crippen molar-refractivity contribution in [1.29, 1.82) is 0 Å². The third-order valence-electron chi connectivity index (χ3n) is 5.54. The van der Waals surface area contributed by atoms with Crippen molar-refractivity contribution < 1.29 is 18.3 Å². The summed E-state index contributed by atoms with van der Waals surface area (Å²) < 4.78 is 41.1. The minimum atomic E-state index is -4.53. The van der Waals surface area contributed by atoms with Crippen molar-refractivity contribution in [2.45, 2.75) is 39.0 Å². The maximum atomic E-state index is 13.1. The minimum absolute atomic E-state index is 0.287. The normalized spacial score (nSPS) is 17.7. The van der Waals surface area contributed by atoms with Crippen molar-refractivity contribution in [3.05, 3.63) is 35.4 Å². The summed E-state index contributed by atoms with van der Waals surface area (Å²) >= 11 is 0. The van der Waals surface area contributed by atoms with E-state index in [0.717, 1.165) is 37.2 Å². The first-order valence-corrected chi connectivity index (χ1v) is 9.91. The second-order valence-electron chi connectivity index (χ2n) is 7.80. The van der Waals surface area contributed by atoms with E-state index in [9.17, 15) is 18.3 Å². The molecule has 0 radical (unpaired) electrons. The van der Waals surface area contributed by atoms with E-state index in [1.165, 1.54) is 0 Å². The lowest BCUT2D eigenvalue weighted by molar-refractivity contribution is -0.137. The zero-order valence-corrected chi connectivity index (χ0v) is 17.1. The molecule has 6 nitrogen and oxygen atoms in total. The number of rotatable bonds is 4.